The predicted molar refractivity (Wildman–Crippen MR) is 73.5 cm³/mol. The number of halogens is 1. The van der Waals surface area contributed by atoms with E-state index in [4.69, 9.17) is 21.1 Å². The number of methoxy groups -OCH3 is 1. The molecule has 0 amide bonds. The number of rotatable bonds is 6. The van der Waals surface area contributed by atoms with Gasteiger partial charge < -0.3 is 14.4 Å². The van der Waals surface area contributed by atoms with Gasteiger partial charge in [-0.25, -0.2) is 4.98 Å². The average Bonchev–Trinajstić information content (AvgIpc) is 2.75. The summed E-state index contributed by atoms with van der Waals surface area (Å²) in [6.07, 6.45) is 3.54. The van der Waals surface area contributed by atoms with E-state index >= 15 is 0 Å². The number of hydrogen-bond donors (Lipinski definition) is 0. The summed E-state index contributed by atoms with van der Waals surface area (Å²) in [7, 11) is 3.76. The van der Waals surface area contributed by atoms with Gasteiger partial charge in [0.2, 0.25) is 5.88 Å². The molecular formula is C13H20ClN3O2. The maximum absolute atomic E-state index is 5.92. The Kier molecular flexibility index (Phi) is 5.36. The first-order valence-electron chi connectivity index (χ1n) is 6.54. The Morgan fingerprint density at radius 1 is 1.47 bits per heavy atom. The zero-order chi connectivity index (χ0) is 13.7. The topological polar surface area (TPSA) is 47.5 Å². The molecule has 106 valence electrons. The van der Waals surface area contributed by atoms with Crippen molar-refractivity contribution in [3.05, 3.63) is 17.0 Å². The normalized spacial score (nSPS) is 19.8. The van der Waals surface area contributed by atoms with Crippen LogP contribution in [0.15, 0.2) is 6.07 Å². The van der Waals surface area contributed by atoms with Crippen LogP contribution in [0.4, 0.5) is 0 Å². The van der Waals surface area contributed by atoms with E-state index in [0.29, 0.717) is 36.1 Å². The molecule has 0 radical (unpaired) electrons. The molecule has 1 aliphatic heterocycles. The lowest BCUT2D eigenvalue weighted by molar-refractivity contribution is 0.175. The van der Waals surface area contributed by atoms with E-state index in [1.165, 1.54) is 19.4 Å². The smallest absolute Gasteiger partial charge is 0.218 e. The summed E-state index contributed by atoms with van der Waals surface area (Å²) in [5, 5.41) is 0.384. The molecule has 1 saturated heterocycles. The Morgan fingerprint density at radius 3 is 3.00 bits per heavy atom. The van der Waals surface area contributed by atoms with Crippen molar-refractivity contribution in [1.82, 2.24) is 14.9 Å². The van der Waals surface area contributed by atoms with Crippen molar-refractivity contribution in [2.75, 3.05) is 27.3 Å². The number of aromatic nitrogens is 2. The van der Waals surface area contributed by atoms with Crippen LogP contribution in [0.2, 0.25) is 5.15 Å². The molecule has 1 fully saturated rings. The van der Waals surface area contributed by atoms with Gasteiger partial charge in [0.1, 0.15) is 11.8 Å². The summed E-state index contributed by atoms with van der Waals surface area (Å²) in [6.45, 7) is 2.17. The molecule has 0 bridgehead atoms. The molecule has 1 aromatic rings. The van der Waals surface area contributed by atoms with Gasteiger partial charge >= 0.3 is 0 Å². The van der Waals surface area contributed by atoms with E-state index in [-0.39, 0.29) is 0 Å². The molecule has 0 aliphatic carbocycles. The molecule has 2 rings (SSSR count). The van der Waals surface area contributed by atoms with Crippen molar-refractivity contribution in [2.24, 2.45) is 0 Å². The van der Waals surface area contributed by atoms with Crippen LogP contribution in [0.1, 0.15) is 25.1 Å². The molecule has 1 aromatic heterocycles. The maximum atomic E-state index is 5.92. The van der Waals surface area contributed by atoms with Crippen LogP contribution in [0.3, 0.4) is 0 Å². The molecule has 0 N–H and O–H groups in total. The fourth-order valence-corrected chi connectivity index (χ4v) is 2.54. The van der Waals surface area contributed by atoms with Crippen LogP contribution in [0.25, 0.3) is 0 Å². The van der Waals surface area contributed by atoms with Gasteiger partial charge in [-0.3, -0.25) is 0 Å². The van der Waals surface area contributed by atoms with Gasteiger partial charge in [-0.05, 0) is 32.9 Å². The highest BCUT2D eigenvalue weighted by Crippen LogP contribution is 2.19. The lowest BCUT2D eigenvalue weighted by Gasteiger charge is -2.19. The van der Waals surface area contributed by atoms with Crippen molar-refractivity contribution in [3.8, 4) is 5.88 Å². The average molecular weight is 286 g/mol. The third-order valence-corrected chi connectivity index (χ3v) is 3.56. The third-order valence-electron chi connectivity index (χ3n) is 3.36. The first-order valence-corrected chi connectivity index (χ1v) is 6.92. The van der Waals surface area contributed by atoms with Crippen LogP contribution in [-0.2, 0) is 11.3 Å². The van der Waals surface area contributed by atoms with Crippen LogP contribution < -0.4 is 4.74 Å². The van der Waals surface area contributed by atoms with Gasteiger partial charge in [-0.1, -0.05) is 11.6 Å². The monoisotopic (exact) mass is 285 g/mol. The summed E-state index contributed by atoms with van der Waals surface area (Å²) in [4.78, 5) is 10.7. The quantitative estimate of drug-likeness (QED) is 0.750. The van der Waals surface area contributed by atoms with Crippen molar-refractivity contribution < 1.29 is 9.47 Å². The van der Waals surface area contributed by atoms with E-state index in [0.717, 1.165) is 6.42 Å². The predicted octanol–water partition coefficient (Wildman–Crippen LogP) is 2.14. The summed E-state index contributed by atoms with van der Waals surface area (Å²) in [5.74, 6) is 1.07. The van der Waals surface area contributed by atoms with Crippen molar-refractivity contribution in [2.45, 2.75) is 31.9 Å². The van der Waals surface area contributed by atoms with E-state index in [9.17, 15) is 0 Å². The van der Waals surface area contributed by atoms with Gasteiger partial charge in [-0.15, -0.1) is 0 Å². The molecule has 1 unspecified atom stereocenters. The van der Waals surface area contributed by atoms with E-state index in [1.54, 1.807) is 13.2 Å². The van der Waals surface area contributed by atoms with Gasteiger partial charge in [-0.2, -0.15) is 4.98 Å². The molecule has 19 heavy (non-hydrogen) atoms. The second-order valence-corrected chi connectivity index (χ2v) is 5.18. The van der Waals surface area contributed by atoms with Crippen LogP contribution in [-0.4, -0.2) is 48.2 Å². The zero-order valence-corrected chi connectivity index (χ0v) is 12.2. The first kappa shape index (κ1) is 14.5. The van der Waals surface area contributed by atoms with Gasteiger partial charge in [0, 0.05) is 19.2 Å². The van der Waals surface area contributed by atoms with Gasteiger partial charge in [0.25, 0.3) is 0 Å². The van der Waals surface area contributed by atoms with Crippen molar-refractivity contribution >= 4 is 11.6 Å². The number of likely N-dealkylation sites (tertiary alicyclic amines) is 1. The molecule has 2 heterocycles. The Labute approximate surface area is 118 Å². The lowest BCUT2D eigenvalue weighted by Crippen LogP contribution is -2.26. The van der Waals surface area contributed by atoms with Gasteiger partial charge in [0.15, 0.2) is 5.82 Å². The van der Waals surface area contributed by atoms with E-state index < -0.39 is 0 Å². The van der Waals surface area contributed by atoms with Gasteiger partial charge in [0.05, 0.1) is 6.61 Å². The Hall–Kier alpha value is -0.910. The van der Waals surface area contributed by atoms with Crippen LogP contribution in [0.5, 0.6) is 5.88 Å². The maximum Gasteiger partial charge on any atom is 0.218 e. The molecule has 1 atom stereocenters. The third kappa shape index (κ3) is 4.30. The highest BCUT2D eigenvalue weighted by atomic mass is 35.5. The number of hydrogen-bond acceptors (Lipinski definition) is 5. The fraction of sp³-hybridized carbons (Fsp3) is 0.692. The summed E-state index contributed by atoms with van der Waals surface area (Å²) >= 11 is 5.92. The SMILES string of the molecule is COCc1nc(Cl)cc(OCCC2CCCN2C)n1. The molecule has 0 aromatic carbocycles. The highest BCUT2D eigenvalue weighted by molar-refractivity contribution is 6.29. The molecule has 0 spiro atoms. The van der Waals surface area contributed by atoms with Crippen molar-refractivity contribution in [3.63, 3.8) is 0 Å². The summed E-state index contributed by atoms with van der Waals surface area (Å²) in [6, 6.07) is 2.26. The Balaban J connectivity index is 1.84. The van der Waals surface area contributed by atoms with E-state index in [2.05, 4.69) is 21.9 Å². The molecule has 6 heteroatoms. The lowest BCUT2D eigenvalue weighted by atomic mass is 10.1. The highest BCUT2D eigenvalue weighted by Gasteiger charge is 2.20. The summed E-state index contributed by atoms with van der Waals surface area (Å²) < 4.78 is 10.7. The number of ether oxygens (including phenoxy) is 2. The molecule has 1 aliphatic rings. The minimum absolute atomic E-state index is 0.336. The number of nitrogens with zero attached hydrogens (tertiary/aromatic N) is 3. The van der Waals surface area contributed by atoms with E-state index in [1.807, 2.05) is 0 Å². The largest absolute Gasteiger partial charge is 0.477 e. The second-order valence-electron chi connectivity index (χ2n) is 4.79. The van der Waals surface area contributed by atoms with Crippen LogP contribution >= 0.6 is 11.6 Å². The molecule has 0 saturated carbocycles. The second kappa shape index (κ2) is 7.03. The summed E-state index contributed by atoms with van der Waals surface area (Å²) in [5.41, 5.74) is 0. The fourth-order valence-electron chi connectivity index (χ4n) is 2.35. The first-order chi connectivity index (χ1) is 9.19. The standard InChI is InChI=1S/C13H20ClN3O2/c1-17-6-3-4-10(17)5-7-19-13-8-11(14)15-12(16-13)9-18-2/h8,10H,3-7,9H2,1-2H3. The zero-order valence-electron chi connectivity index (χ0n) is 11.4. The minimum Gasteiger partial charge on any atom is -0.477 e. The molecule has 5 nitrogen and oxygen atoms in total. The van der Waals surface area contributed by atoms with Crippen molar-refractivity contribution in [1.29, 1.82) is 0 Å². The van der Waals surface area contributed by atoms with Crippen LogP contribution in [0, 0.1) is 0 Å². The molecular weight excluding hydrogens is 266 g/mol. The Bertz CT molecular complexity index is 417. The minimum atomic E-state index is 0.336. The Morgan fingerprint density at radius 2 is 2.32 bits per heavy atom.